The molecule has 3 aromatic rings. The Labute approximate surface area is 237 Å². The molecule has 0 atom stereocenters. The Hall–Kier alpha value is -3.57. The Kier molecular flexibility index (Phi) is 8.32. The van der Waals surface area contributed by atoms with E-state index >= 15 is 0 Å². The molecular formula is C28H32ClFN6O4. The normalized spacial score (nSPS) is 21.9. The number of anilines is 1. The number of aromatic nitrogens is 4. The van der Waals surface area contributed by atoms with Crippen molar-refractivity contribution in [1.29, 1.82) is 0 Å². The van der Waals surface area contributed by atoms with Gasteiger partial charge in [-0.3, -0.25) is 23.6 Å². The number of amides is 2. The van der Waals surface area contributed by atoms with Crippen LogP contribution >= 0.6 is 12.4 Å². The van der Waals surface area contributed by atoms with E-state index in [-0.39, 0.29) is 53.9 Å². The summed E-state index contributed by atoms with van der Waals surface area (Å²) in [6.45, 7) is 1.19. The first-order chi connectivity index (χ1) is 19.0. The number of carbonyl (C=O) groups is 2. The first-order valence-electron chi connectivity index (χ1n) is 13.6. The van der Waals surface area contributed by atoms with E-state index in [1.807, 2.05) is 6.20 Å². The molecule has 0 unspecified atom stereocenters. The standard InChI is InChI=1S/C28H31FN6O4.ClH/c29-18-1-5-21(6-2-18)34-24(17-33(28(34)38)20-12-15-39-16-13-20)23-11-14-30-27(32-23)31-19-3-7-22(8-4-19)35-25(36)9-10-26(35)37;/h1-2,5-6,11,14,17,19-20,22H,3-4,7-10,12-13,15-16H2,(H,30,31,32);1H. The van der Waals surface area contributed by atoms with Gasteiger partial charge in [-0.1, -0.05) is 0 Å². The summed E-state index contributed by atoms with van der Waals surface area (Å²) in [5.41, 5.74) is 1.51. The lowest BCUT2D eigenvalue weighted by Crippen LogP contribution is -2.43. The van der Waals surface area contributed by atoms with Gasteiger partial charge in [-0.05, 0) is 68.9 Å². The number of ether oxygens (including phenoxy) is 1. The molecule has 40 heavy (non-hydrogen) atoms. The van der Waals surface area contributed by atoms with Crippen molar-refractivity contribution in [3.8, 4) is 17.1 Å². The maximum Gasteiger partial charge on any atom is 0.333 e. The van der Waals surface area contributed by atoms with Crippen molar-refractivity contribution in [3.05, 3.63) is 59.0 Å². The highest BCUT2D eigenvalue weighted by Gasteiger charge is 2.37. The molecule has 2 saturated heterocycles. The molecule has 1 N–H and O–H groups in total. The lowest BCUT2D eigenvalue weighted by molar-refractivity contribution is -0.141. The SMILES string of the molecule is Cl.O=C1CCC(=O)N1C1CCC(Nc2nccc(-c3cn(C4CCOCC4)c(=O)n3-c3ccc(F)cc3)n2)CC1. The van der Waals surface area contributed by atoms with Gasteiger partial charge in [0.15, 0.2) is 0 Å². The van der Waals surface area contributed by atoms with Gasteiger partial charge in [0, 0.05) is 56.6 Å². The summed E-state index contributed by atoms with van der Waals surface area (Å²) in [4.78, 5) is 48.5. The molecule has 6 rings (SSSR count). The highest BCUT2D eigenvalue weighted by atomic mass is 35.5. The van der Waals surface area contributed by atoms with E-state index in [0.717, 1.165) is 38.5 Å². The van der Waals surface area contributed by atoms with E-state index in [9.17, 15) is 18.8 Å². The third-order valence-corrected chi connectivity index (χ3v) is 7.99. The van der Waals surface area contributed by atoms with Crippen LogP contribution in [0, 0.1) is 5.82 Å². The molecule has 3 fully saturated rings. The number of hydrogen-bond acceptors (Lipinski definition) is 7. The van der Waals surface area contributed by atoms with Crippen molar-refractivity contribution in [2.45, 2.75) is 69.5 Å². The molecule has 0 radical (unpaired) electrons. The van der Waals surface area contributed by atoms with Crippen molar-refractivity contribution in [3.63, 3.8) is 0 Å². The fraction of sp³-hybridized carbons (Fsp3) is 0.464. The zero-order valence-corrected chi connectivity index (χ0v) is 22.8. The van der Waals surface area contributed by atoms with Gasteiger partial charge in [0.05, 0.1) is 17.1 Å². The average Bonchev–Trinajstić information content (AvgIpc) is 3.48. The quantitative estimate of drug-likeness (QED) is 0.448. The molecule has 1 aliphatic carbocycles. The largest absolute Gasteiger partial charge is 0.381 e. The minimum atomic E-state index is -0.376. The topological polar surface area (TPSA) is 111 Å². The molecule has 1 saturated carbocycles. The predicted octanol–water partition coefficient (Wildman–Crippen LogP) is 3.88. The van der Waals surface area contributed by atoms with E-state index in [2.05, 4.69) is 10.3 Å². The number of likely N-dealkylation sites (tertiary alicyclic amines) is 1. The monoisotopic (exact) mass is 570 g/mol. The fourth-order valence-corrected chi connectivity index (χ4v) is 5.94. The van der Waals surface area contributed by atoms with E-state index in [1.54, 1.807) is 33.5 Å². The summed E-state index contributed by atoms with van der Waals surface area (Å²) in [6.07, 6.45) is 8.65. The van der Waals surface area contributed by atoms with Gasteiger partial charge >= 0.3 is 5.69 Å². The van der Waals surface area contributed by atoms with Crippen LogP contribution in [0.2, 0.25) is 0 Å². The van der Waals surface area contributed by atoms with Gasteiger partial charge in [-0.15, -0.1) is 12.4 Å². The molecule has 3 aliphatic rings. The van der Waals surface area contributed by atoms with Gasteiger partial charge in [0.25, 0.3) is 0 Å². The van der Waals surface area contributed by atoms with Crippen molar-refractivity contribution in [2.75, 3.05) is 18.5 Å². The summed E-state index contributed by atoms with van der Waals surface area (Å²) in [6, 6.07) is 7.69. The molecule has 2 amide bonds. The summed E-state index contributed by atoms with van der Waals surface area (Å²) in [7, 11) is 0. The molecule has 12 heteroatoms. The molecule has 0 bridgehead atoms. The van der Waals surface area contributed by atoms with Crippen molar-refractivity contribution >= 4 is 30.2 Å². The lowest BCUT2D eigenvalue weighted by atomic mass is 9.90. The van der Waals surface area contributed by atoms with Crippen molar-refractivity contribution in [2.24, 2.45) is 0 Å². The van der Waals surface area contributed by atoms with Crippen LogP contribution in [0.1, 0.15) is 57.4 Å². The highest BCUT2D eigenvalue weighted by Crippen LogP contribution is 2.30. The third-order valence-electron chi connectivity index (χ3n) is 7.99. The average molecular weight is 571 g/mol. The molecule has 1 aromatic carbocycles. The number of nitrogens with zero attached hydrogens (tertiary/aromatic N) is 5. The second-order valence-electron chi connectivity index (χ2n) is 10.4. The maximum absolute atomic E-state index is 13.7. The number of carbonyl (C=O) groups excluding carboxylic acids is 2. The Bertz CT molecular complexity index is 1410. The fourth-order valence-electron chi connectivity index (χ4n) is 5.94. The van der Waals surface area contributed by atoms with Crippen LogP contribution < -0.4 is 11.0 Å². The van der Waals surface area contributed by atoms with Crippen LogP contribution in [0.3, 0.4) is 0 Å². The molecule has 4 heterocycles. The van der Waals surface area contributed by atoms with Crippen molar-refractivity contribution in [1.82, 2.24) is 24.0 Å². The summed E-state index contributed by atoms with van der Waals surface area (Å²) < 4.78 is 22.5. The number of hydrogen-bond donors (Lipinski definition) is 1. The number of nitrogens with one attached hydrogen (secondary N) is 1. The van der Waals surface area contributed by atoms with Crippen LogP contribution in [0.25, 0.3) is 17.1 Å². The van der Waals surface area contributed by atoms with E-state index in [0.29, 0.717) is 49.1 Å². The zero-order valence-electron chi connectivity index (χ0n) is 22.0. The predicted molar refractivity (Wildman–Crippen MR) is 148 cm³/mol. The summed E-state index contributed by atoms with van der Waals surface area (Å²) in [5, 5.41) is 3.41. The number of benzene rings is 1. The van der Waals surface area contributed by atoms with Gasteiger partial charge in [0.1, 0.15) is 5.82 Å². The van der Waals surface area contributed by atoms with E-state index < -0.39 is 0 Å². The van der Waals surface area contributed by atoms with Crippen LogP contribution in [0.5, 0.6) is 0 Å². The first-order valence-corrected chi connectivity index (χ1v) is 13.6. The first kappa shape index (κ1) is 28.0. The highest BCUT2D eigenvalue weighted by molar-refractivity contribution is 6.02. The summed E-state index contributed by atoms with van der Waals surface area (Å²) in [5.74, 6) is -0.0558. The summed E-state index contributed by atoms with van der Waals surface area (Å²) >= 11 is 0. The second kappa shape index (κ2) is 11.9. The van der Waals surface area contributed by atoms with Crippen LogP contribution in [0.4, 0.5) is 10.3 Å². The number of imide groups is 1. The van der Waals surface area contributed by atoms with E-state index in [4.69, 9.17) is 9.72 Å². The van der Waals surface area contributed by atoms with Crippen LogP contribution in [-0.2, 0) is 14.3 Å². The Morgan fingerprint density at radius 2 is 1.55 bits per heavy atom. The Morgan fingerprint density at radius 3 is 2.23 bits per heavy atom. The molecule has 10 nitrogen and oxygen atoms in total. The molecular weight excluding hydrogens is 539 g/mol. The number of imidazole rings is 1. The molecule has 2 aliphatic heterocycles. The van der Waals surface area contributed by atoms with E-state index in [1.165, 1.54) is 17.0 Å². The second-order valence-corrected chi connectivity index (χ2v) is 10.4. The minimum absolute atomic E-state index is 0. The van der Waals surface area contributed by atoms with Gasteiger partial charge in [-0.2, -0.15) is 0 Å². The molecule has 0 spiro atoms. The van der Waals surface area contributed by atoms with Crippen LogP contribution in [0.15, 0.2) is 47.5 Å². The Morgan fingerprint density at radius 1 is 0.875 bits per heavy atom. The van der Waals surface area contributed by atoms with Gasteiger partial charge in [-0.25, -0.2) is 19.2 Å². The zero-order chi connectivity index (χ0) is 26.9. The Balaban J connectivity index is 0.00000323. The van der Waals surface area contributed by atoms with Gasteiger partial charge in [0.2, 0.25) is 17.8 Å². The van der Waals surface area contributed by atoms with Crippen LogP contribution in [-0.4, -0.2) is 61.1 Å². The third kappa shape index (κ3) is 5.53. The lowest BCUT2D eigenvalue weighted by Gasteiger charge is -2.33. The smallest absolute Gasteiger partial charge is 0.333 e. The number of halogens is 2. The maximum atomic E-state index is 13.7. The van der Waals surface area contributed by atoms with Crippen molar-refractivity contribution < 1.29 is 18.7 Å². The number of rotatable bonds is 6. The van der Waals surface area contributed by atoms with Gasteiger partial charge < -0.3 is 10.1 Å². The molecule has 2 aromatic heterocycles. The molecule has 212 valence electrons. The minimum Gasteiger partial charge on any atom is -0.381 e.